The van der Waals surface area contributed by atoms with E-state index in [4.69, 9.17) is 5.11 Å². The fourth-order valence-electron chi connectivity index (χ4n) is 1.73. The molecular formula is C14H11N3O2S. The lowest BCUT2D eigenvalue weighted by molar-refractivity contribution is 0.0690. The molecule has 0 amide bonds. The molecule has 2 heterocycles. The third kappa shape index (κ3) is 2.95. The van der Waals surface area contributed by atoms with Crippen molar-refractivity contribution in [1.29, 1.82) is 5.26 Å². The molecule has 0 aliphatic carbocycles. The minimum absolute atomic E-state index is 0.0176. The van der Waals surface area contributed by atoms with Gasteiger partial charge >= 0.3 is 5.97 Å². The van der Waals surface area contributed by atoms with Crippen molar-refractivity contribution >= 4 is 17.7 Å². The molecule has 0 radical (unpaired) electrons. The zero-order valence-electron chi connectivity index (χ0n) is 10.9. The van der Waals surface area contributed by atoms with Gasteiger partial charge in [-0.1, -0.05) is 11.8 Å². The number of rotatable bonds is 3. The Morgan fingerprint density at radius 1 is 1.40 bits per heavy atom. The van der Waals surface area contributed by atoms with Gasteiger partial charge in [-0.2, -0.15) is 5.26 Å². The monoisotopic (exact) mass is 285 g/mol. The van der Waals surface area contributed by atoms with E-state index in [0.717, 1.165) is 15.5 Å². The molecule has 0 bridgehead atoms. The summed E-state index contributed by atoms with van der Waals surface area (Å²) in [5, 5.41) is 18.1. The molecular weight excluding hydrogens is 274 g/mol. The van der Waals surface area contributed by atoms with Gasteiger partial charge in [0, 0.05) is 21.7 Å². The summed E-state index contributed by atoms with van der Waals surface area (Å²) < 4.78 is 0. The Kier molecular flexibility index (Phi) is 4.01. The highest BCUT2D eigenvalue weighted by atomic mass is 32.2. The third-order valence-electron chi connectivity index (χ3n) is 2.58. The fraction of sp³-hybridized carbons (Fsp3) is 0.143. The van der Waals surface area contributed by atoms with Crippen LogP contribution in [0.4, 0.5) is 0 Å². The second kappa shape index (κ2) is 5.72. The van der Waals surface area contributed by atoms with Gasteiger partial charge in [-0.15, -0.1) is 0 Å². The van der Waals surface area contributed by atoms with E-state index in [-0.39, 0.29) is 5.69 Å². The van der Waals surface area contributed by atoms with Crippen LogP contribution in [0, 0.1) is 25.2 Å². The van der Waals surface area contributed by atoms with Crippen molar-refractivity contribution < 1.29 is 9.90 Å². The van der Waals surface area contributed by atoms with Gasteiger partial charge in [0.1, 0.15) is 11.8 Å². The molecule has 0 aromatic carbocycles. The largest absolute Gasteiger partial charge is 0.477 e. The SMILES string of the molecule is Cc1cc(Sc2ccnc(C(=O)O)c2)c(C#N)c(C)n1. The topological polar surface area (TPSA) is 86.9 Å². The van der Waals surface area contributed by atoms with Crippen LogP contribution in [0.3, 0.4) is 0 Å². The molecule has 5 nitrogen and oxygen atoms in total. The summed E-state index contributed by atoms with van der Waals surface area (Å²) >= 11 is 1.33. The number of carbonyl (C=O) groups is 1. The number of nitriles is 1. The van der Waals surface area contributed by atoms with E-state index >= 15 is 0 Å². The van der Waals surface area contributed by atoms with Gasteiger partial charge in [-0.3, -0.25) is 4.98 Å². The second-order valence-electron chi connectivity index (χ2n) is 4.12. The molecule has 0 saturated carbocycles. The highest BCUT2D eigenvalue weighted by molar-refractivity contribution is 7.99. The molecule has 6 heteroatoms. The Bertz CT molecular complexity index is 723. The summed E-state index contributed by atoms with van der Waals surface area (Å²) in [6.07, 6.45) is 1.44. The van der Waals surface area contributed by atoms with Crippen molar-refractivity contribution in [1.82, 2.24) is 9.97 Å². The van der Waals surface area contributed by atoms with Crippen molar-refractivity contribution in [3.63, 3.8) is 0 Å². The Morgan fingerprint density at radius 3 is 2.80 bits per heavy atom. The molecule has 0 unspecified atom stereocenters. The first-order valence-corrected chi connectivity index (χ1v) is 6.58. The first-order chi connectivity index (χ1) is 9.51. The molecule has 0 saturated heterocycles. The number of hydrogen-bond acceptors (Lipinski definition) is 5. The molecule has 0 atom stereocenters. The maximum atomic E-state index is 10.9. The summed E-state index contributed by atoms with van der Waals surface area (Å²) in [5.74, 6) is -1.07. The normalized spacial score (nSPS) is 10.1. The molecule has 2 rings (SSSR count). The third-order valence-corrected chi connectivity index (χ3v) is 3.61. The van der Waals surface area contributed by atoms with Crippen LogP contribution in [0.5, 0.6) is 0 Å². The number of aromatic nitrogens is 2. The van der Waals surface area contributed by atoms with Gasteiger partial charge in [0.05, 0.1) is 11.3 Å². The van der Waals surface area contributed by atoms with Gasteiger partial charge in [0.2, 0.25) is 0 Å². The first kappa shape index (κ1) is 14.0. The molecule has 2 aromatic rings. The maximum absolute atomic E-state index is 10.9. The van der Waals surface area contributed by atoms with Crippen LogP contribution in [-0.2, 0) is 0 Å². The molecule has 0 spiro atoms. The van der Waals surface area contributed by atoms with Gasteiger partial charge in [-0.05, 0) is 32.0 Å². The average Bonchev–Trinajstić information content (AvgIpc) is 2.38. The van der Waals surface area contributed by atoms with Crippen LogP contribution < -0.4 is 0 Å². The van der Waals surface area contributed by atoms with Crippen LogP contribution in [0.1, 0.15) is 27.4 Å². The van der Waals surface area contributed by atoms with E-state index in [0.29, 0.717) is 11.3 Å². The standard InChI is InChI=1S/C14H11N3O2S/c1-8-5-13(11(7-15)9(2)17-8)20-10-3-4-16-12(6-10)14(18)19/h3-6H,1-2H3,(H,18,19). The molecule has 100 valence electrons. The minimum atomic E-state index is -1.07. The van der Waals surface area contributed by atoms with Gasteiger partial charge in [-0.25, -0.2) is 9.78 Å². The Morgan fingerprint density at radius 2 is 2.15 bits per heavy atom. The number of carboxylic acid groups (broad SMARTS) is 1. The van der Waals surface area contributed by atoms with Crippen molar-refractivity contribution in [2.45, 2.75) is 23.6 Å². The van der Waals surface area contributed by atoms with Crippen molar-refractivity contribution in [2.75, 3.05) is 0 Å². The van der Waals surface area contributed by atoms with E-state index < -0.39 is 5.97 Å². The number of carboxylic acids is 1. The lowest BCUT2D eigenvalue weighted by atomic mass is 10.2. The van der Waals surface area contributed by atoms with Crippen LogP contribution in [0.25, 0.3) is 0 Å². The van der Waals surface area contributed by atoms with Crippen LogP contribution in [0.15, 0.2) is 34.2 Å². The number of hydrogen-bond donors (Lipinski definition) is 1. The van der Waals surface area contributed by atoms with E-state index in [2.05, 4.69) is 16.0 Å². The summed E-state index contributed by atoms with van der Waals surface area (Å²) in [4.78, 5) is 20.4. The summed E-state index contributed by atoms with van der Waals surface area (Å²) in [7, 11) is 0. The van der Waals surface area contributed by atoms with E-state index in [9.17, 15) is 10.1 Å². The summed E-state index contributed by atoms with van der Waals surface area (Å²) in [6.45, 7) is 3.64. The van der Waals surface area contributed by atoms with E-state index in [1.54, 1.807) is 13.0 Å². The lowest BCUT2D eigenvalue weighted by Gasteiger charge is -2.07. The van der Waals surface area contributed by atoms with Crippen LogP contribution in [0.2, 0.25) is 0 Å². The van der Waals surface area contributed by atoms with Crippen LogP contribution >= 0.6 is 11.8 Å². The zero-order chi connectivity index (χ0) is 14.7. The van der Waals surface area contributed by atoms with Crippen LogP contribution in [-0.4, -0.2) is 21.0 Å². The van der Waals surface area contributed by atoms with Crippen molar-refractivity contribution in [2.24, 2.45) is 0 Å². The molecule has 1 N–H and O–H groups in total. The molecule has 0 aliphatic heterocycles. The maximum Gasteiger partial charge on any atom is 0.354 e. The Hall–Kier alpha value is -2.39. The predicted octanol–water partition coefficient (Wildman–Crippen LogP) is 2.81. The Balaban J connectivity index is 2.42. The summed E-state index contributed by atoms with van der Waals surface area (Å²) in [6, 6.07) is 7.15. The van der Waals surface area contributed by atoms with Gasteiger partial charge in [0.25, 0.3) is 0 Å². The summed E-state index contributed by atoms with van der Waals surface area (Å²) in [5.41, 5.74) is 1.98. The molecule has 0 aliphatic rings. The minimum Gasteiger partial charge on any atom is -0.477 e. The highest BCUT2D eigenvalue weighted by Gasteiger charge is 2.11. The highest BCUT2D eigenvalue weighted by Crippen LogP contribution is 2.31. The Labute approximate surface area is 120 Å². The average molecular weight is 285 g/mol. The second-order valence-corrected chi connectivity index (χ2v) is 5.23. The number of aryl methyl sites for hydroxylation is 2. The number of nitrogens with zero attached hydrogens (tertiary/aromatic N) is 3. The van der Waals surface area contributed by atoms with Gasteiger partial charge < -0.3 is 5.11 Å². The van der Waals surface area contributed by atoms with E-state index in [1.165, 1.54) is 24.0 Å². The van der Waals surface area contributed by atoms with Gasteiger partial charge in [0.15, 0.2) is 0 Å². The van der Waals surface area contributed by atoms with Crippen molar-refractivity contribution in [3.8, 4) is 6.07 Å². The molecule has 0 fully saturated rings. The van der Waals surface area contributed by atoms with E-state index in [1.807, 2.05) is 13.0 Å². The predicted molar refractivity (Wildman–Crippen MR) is 73.7 cm³/mol. The molecule has 2 aromatic heterocycles. The smallest absolute Gasteiger partial charge is 0.354 e. The number of aromatic carboxylic acids is 1. The zero-order valence-corrected chi connectivity index (χ0v) is 11.7. The quantitative estimate of drug-likeness (QED) is 0.933. The fourth-order valence-corrected chi connectivity index (χ4v) is 2.81. The lowest BCUT2D eigenvalue weighted by Crippen LogP contribution is -1.99. The van der Waals surface area contributed by atoms with Crippen molar-refractivity contribution in [3.05, 3.63) is 47.0 Å². The molecule has 20 heavy (non-hydrogen) atoms. The first-order valence-electron chi connectivity index (χ1n) is 5.77. The number of pyridine rings is 2.